The minimum atomic E-state index is -0.00434. The topological polar surface area (TPSA) is 17.1 Å². The van der Waals surface area contributed by atoms with E-state index in [1.807, 2.05) is 6.08 Å². The van der Waals surface area contributed by atoms with Gasteiger partial charge in [-0.1, -0.05) is 71.6 Å². The third kappa shape index (κ3) is 3.47. The fourth-order valence-electron chi connectivity index (χ4n) is 8.92. The van der Waals surface area contributed by atoms with E-state index in [-0.39, 0.29) is 11.3 Å². The van der Waals surface area contributed by atoms with Gasteiger partial charge in [0.15, 0.2) is 0 Å². The highest BCUT2D eigenvalue weighted by molar-refractivity contribution is 5.87. The van der Waals surface area contributed by atoms with Gasteiger partial charge in [0.2, 0.25) is 0 Å². The number of rotatable bonds is 6. The highest BCUT2D eigenvalue weighted by Crippen LogP contribution is 2.67. The molecule has 0 aromatic rings. The fourth-order valence-corrected chi connectivity index (χ4v) is 8.92. The number of fused-ring (bicyclic) bond motifs is 5. The van der Waals surface area contributed by atoms with Crippen molar-refractivity contribution in [3.63, 3.8) is 0 Å². The Morgan fingerprint density at radius 3 is 2.57 bits per heavy atom. The van der Waals surface area contributed by atoms with Crippen LogP contribution in [0.1, 0.15) is 98.8 Å². The van der Waals surface area contributed by atoms with E-state index in [0.717, 1.165) is 48.3 Å². The van der Waals surface area contributed by atoms with Gasteiger partial charge in [0, 0.05) is 6.42 Å². The van der Waals surface area contributed by atoms with Gasteiger partial charge in [-0.15, -0.1) is 6.58 Å². The van der Waals surface area contributed by atoms with Crippen LogP contribution in [0.2, 0.25) is 0 Å². The molecule has 0 N–H and O–H groups in total. The van der Waals surface area contributed by atoms with Crippen LogP contribution in [0.15, 0.2) is 24.3 Å². The van der Waals surface area contributed by atoms with Crippen molar-refractivity contribution in [1.82, 2.24) is 0 Å². The molecule has 0 aromatic carbocycles. The van der Waals surface area contributed by atoms with Crippen LogP contribution in [-0.2, 0) is 4.79 Å². The monoisotopic (exact) mass is 410 g/mol. The van der Waals surface area contributed by atoms with E-state index in [2.05, 4.69) is 47.3 Å². The van der Waals surface area contributed by atoms with Crippen molar-refractivity contribution in [2.45, 2.75) is 98.8 Å². The molecule has 1 unspecified atom stereocenters. The third-order valence-corrected chi connectivity index (χ3v) is 10.5. The summed E-state index contributed by atoms with van der Waals surface area (Å²) in [7, 11) is 0. The zero-order chi connectivity index (χ0) is 21.7. The molecule has 168 valence electrons. The smallest absolute Gasteiger partial charge is 0.143 e. The second-order valence-corrected chi connectivity index (χ2v) is 12.4. The van der Waals surface area contributed by atoms with E-state index < -0.39 is 0 Å². The molecule has 0 heterocycles. The molecule has 4 rings (SSSR count). The molecule has 8 atom stereocenters. The molecule has 0 radical (unpaired) electrons. The zero-order valence-electron chi connectivity index (χ0n) is 20.4. The van der Waals surface area contributed by atoms with Crippen molar-refractivity contribution >= 4 is 5.78 Å². The lowest BCUT2D eigenvalue weighted by atomic mass is 9.46. The average Bonchev–Trinajstić information content (AvgIpc) is 3.05. The molecule has 4 aliphatic carbocycles. The maximum Gasteiger partial charge on any atom is 0.143 e. The van der Waals surface area contributed by atoms with Crippen LogP contribution in [0.3, 0.4) is 0 Å². The van der Waals surface area contributed by atoms with Crippen LogP contribution in [0.25, 0.3) is 0 Å². The Balaban J connectivity index is 1.53. The molecular formula is C29H46O. The number of hydrogen-bond donors (Lipinski definition) is 0. The molecule has 1 nitrogen and oxygen atoms in total. The minimum Gasteiger partial charge on any atom is -0.299 e. The molecule has 3 saturated carbocycles. The van der Waals surface area contributed by atoms with Gasteiger partial charge in [-0.05, 0) is 84.9 Å². The maximum absolute atomic E-state index is 12.6. The Kier molecular flexibility index (Phi) is 6.15. The van der Waals surface area contributed by atoms with Gasteiger partial charge in [-0.2, -0.15) is 0 Å². The first-order valence-electron chi connectivity index (χ1n) is 13.1. The van der Waals surface area contributed by atoms with E-state index >= 15 is 0 Å². The molecule has 0 saturated heterocycles. The van der Waals surface area contributed by atoms with Crippen molar-refractivity contribution < 1.29 is 4.79 Å². The van der Waals surface area contributed by atoms with Crippen molar-refractivity contribution in [1.29, 1.82) is 0 Å². The van der Waals surface area contributed by atoms with Gasteiger partial charge < -0.3 is 0 Å². The summed E-state index contributed by atoms with van der Waals surface area (Å²) in [4.78, 5) is 12.6. The molecule has 0 aromatic heterocycles. The number of ketones is 1. The zero-order valence-corrected chi connectivity index (χ0v) is 20.4. The van der Waals surface area contributed by atoms with E-state index in [9.17, 15) is 4.79 Å². The van der Waals surface area contributed by atoms with Gasteiger partial charge in [0.05, 0.1) is 5.92 Å². The number of Topliss-reactive ketones (excluding diaryl/α,β-unsaturated/α-hetero) is 1. The normalized spacial score (nSPS) is 44.1. The van der Waals surface area contributed by atoms with Crippen LogP contribution < -0.4 is 0 Å². The lowest BCUT2D eigenvalue weighted by molar-refractivity contribution is -0.125. The second kappa shape index (κ2) is 8.25. The highest BCUT2D eigenvalue weighted by atomic mass is 16.1. The molecule has 3 fully saturated rings. The first kappa shape index (κ1) is 22.3. The molecule has 0 amide bonds. The minimum absolute atomic E-state index is 0.00434. The standard InChI is InChI=1S/C29H46O/c1-7-21-24-12-11-22-25-14-13-23(20(4)10-8-9-19(2)3)28(25,5)17-15-26(22)29(24,6)18-16-27(21)30/h7,12,19-23,25-26H,1,8-11,13-18H2,2-6H3/t20-,21?,22+,23-,25+,26+,28-,29+/m1/s1. The van der Waals surface area contributed by atoms with Crippen molar-refractivity contribution in [3.05, 3.63) is 24.3 Å². The summed E-state index contributed by atoms with van der Waals surface area (Å²) in [5.74, 6) is 5.54. The fraction of sp³-hybridized carbons (Fsp3) is 0.828. The summed E-state index contributed by atoms with van der Waals surface area (Å²) in [6.07, 6.45) is 17.4. The SMILES string of the molecule is C=CC1C(=O)CC[C@@]2(C)C1=CC[C@H]1[C@@H]3CC[C@H]([C@H](C)CCCC(C)C)[C@@]3(C)CC[C@@H]12. The predicted molar refractivity (Wildman–Crippen MR) is 127 cm³/mol. The number of carbonyl (C=O) groups excluding carboxylic acids is 1. The summed E-state index contributed by atoms with van der Waals surface area (Å²) < 4.78 is 0. The Bertz CT molecular complexity index is 701. The number of hydrogen-bond acceptors (Lipinski definition) is 1. The predicted octanol–water partition coefficient (Wildman–Crippen LogP) is 8.01. The van der Waals surface area contributed by atoms with Crippen LogP contribution in [0, 0.1) is 52.3 Å². The van der Waals surface area contributed by atoms with Crippen LogP contribution in [-0.4, -0.2) is 5.78 Å². The van der Waals surface area contributed by atoms with Gasteiger partial charge in [0.1, 0.15) is 5.78 Å². The molecule has 4 aliphatic rings. The van der Waals surface area contributed by atoms with Gasteiger partial charge in [0.25, 0.3) is 0 Å². The molecular weight excluding hydrogens is 364 g/mol. The van der Waals surface area contributed by atoms with E-state index in [0.29, 0.717) is 11.2 Å². The molecule has 30 heavy (non-hydrogen) atoms. The summed E-state index contributed by atoms with van der Waals surface area (Å²) in [6.45, 7) is 16.5. The van der Waals surface area contributed by atoms with Gasteiger partial charge in [-0.25, -0.2) is 0 Å². The average molecular weight is 411 g/mol. The van der Waals surface area contributed by atoms with Crippen molar-refractivity contribution in [3.8, 4) is 0 Å². The van der Waals surface area contributed by atoms with Crippen LogP contribution in [0.4, 0.5) is 0 Å². The van der Waals surface area contributed by atoms with E-state index in [1.54, 1.807) is 0 Å². The van der Waals surface area contributed by atoms with Crippen LogP contribution in [0.5, 0.6) is 0 Å². The summed E-state index contributed by atoms with van der Waals surface area (Å²) in [6, 6.07) is 0. The largest absolute Gasteiger partial charge is 0.299 e. The van der Waals surface area contributed by atoms with E-state index in [4.69, 9.17) is 0 Å². The lowest BCUT2D eigenvalue weighted by Crippen LogP contribution is -2.51. The highest BCUT2D eigenvalue weighted by Gasteiger charge is 2.59. The first-order chi connectivity index (χ1) is 14.2. The Morgan fingerprint density at radius 2 is 1.87 bits per heavy atom. The van der Waals surface area contributed by atoms with Crippen molar-refractivity contribution in [2.24, 2.45) is 52.3 Å². The maximum atomic E-state index is 12.6. The van der Waals surface area contributed by atoms with Crippen molar-refractivity contribution in [2.75, 3.05) is 0 Å². The van der Waals surface area contributed by atoms with E-state index in [1.165, 1.54) is 56.9 Å². The number of carbonyl (C=O) groups is 1. The molecule has 1 heteroatoms. The Hall–Kier alpha value is -0.850. The Labute approximate surface area is 186 Å². The van der Waals surface area contributed by atoms with Crippen LogP contribution >= 0.6 is 0 Å². The van der Waals surface area contributed by atoms with Gasteiger partial charge >= 0.3 is 0 Å². The second-order valence-electron chi connectivity index (χ2n) is 12.4. The summed E-state index contributed by atoms with van der Waals surface area (Å²) in [5.41, 5.74) is 2.22. The van der Waals surface area contributed by atoms with Gasteiger partial charge in [-0.3, -0.25) is 4.79 Å². The first-order valence-corrected chi connectivity index (χ1v) is 13.1. The molecule has 0 aliphatic heterocycles. The quantitative estimate of drug-likeness (QED) is 0.405. The summed E-state index contributed by atoms with van der Waals surface area (Å²) >= 11 is 0. The third-order valence-electron chi connectivity index (χ3n) is 10.5. The molecule has 0 bridgehead atoms. The Morgan fingerprint density at radius 1 is 1.10 bits per heavy atom. The molecule has 0 spiro atoms. The number of allylic oxidation sites excluding steroid dienone is 3. The lowest BCUT2D eigenvalue weighted by Gasteiger charge is -2.58. The summed E-state index contributed by atoms with van der Waals surface area (Å²) in [5, 5.41) is 0.